The summed E-state index contributed by atoms with van der Waals surface area (Å²) < 4.78 is 1.95. The average molecular weight is 477 g/mol. The number of guanidine groups is 1. The van der Waals surface area contributed by atoms with Crippen molar-refractivity contribution in [1.82, 2.24) is 30.2 Å². The normalized spacial score (nSPS) is 16.3. The standard InChI is InChI=1S/C18H35N7.HI/c1-3-19-18(21-9-6-12-25-13-7-10-22-25)20-8-4-5-11-24-16-14-23(2)15-17-24;/h7,10,13H,3-6,8-9,11-12,14-17H2,1-2H3,(H2,19,20,21);1H. The fraction of sp³-hybridized carbons (Fsp3) is 0.778. The highest BCUT2D eigenvalue weighted by Gasteiger charge is 2.12. The van der Waals surface area contributed by atoms with Crippen LogP contribution in [0.2, 0.25) is 0 Å². The van der Waals surface area contributed by atoms with Gasteiger partial charge in [0.05, 0.1) is 0 Å². The lowest BCUT2D eigenvalue weighted by molar-refractivity contribution is 0.152. The maximum absolute atomic E-state index is 4.65. The van der Waals surface area contributed by atoms with Gasteiger partial charge in [0.15, 0.2) is 5.96 Å². The Hall–Kier alpha value is -0.870. The number of halogens is 1. The van der Waals surface area contributed by atoms with Crippen molar-refractivity contribution in [2.24, 2.45) is 4.99 Å². The summed E-state index contributed by atoms with van der Waals surface area (Å²) in [6, 6.07) is 1.96. The molecule has 2 N–H and O–H groups in total. The van der Waals surface area contributed by atoms with Crippen molar-refractivity contribution in [3.63, 3.8) is 0 Å². The lowest BCUT2D eigenvalue weighted by atomic mass is 10.2. The van der Waals surface area contributed by atoms with Crippen molar-refractivity contribution >= 4 is 29.9 Å². The number of aromatic nitrogens is 2. The van der Waals surface area contributed by atoms with E-state index in [4.69, 9.17) is 0 Å². The van der Waals surface area contributed by atoms with Crippen LogP contribution in [0.15, 0.2) is 23.5 Å². The predicted octanol–water partition coefficient (Wildman–Crippen LogP) is 1.47. The van der Waals surface area contributed by atoms with Gasteiger partial charge in [-0.25, -0.2) is 0 Å². The van der Waals surface area contributed by atoms with E-state index in [1.807, 2.05) is 23.1 Å². The highest BCUT2D eigenvalue weighted by Crippen LogP contribution is 2.01. The minimum absolute atomic E-state index is 0. The lowest BCUT2D eigenvalue weighted by Crippen LogP contribution is -2.44. The van der Waals surface area contributed by atoms with Crippen molar-refractivity contribution in [2.75, 3.05) is 59.4 Å². The Morgan fingerprint density at radius 2 is 1.88 bits per heavy atom. The number of aryl methyl sites for hydroxylation is 1. The molecule has 8 heteroatoms. The van der Waals surface area contributed by atoms with E-state index in [0.29, 0.717) is 0 Å². The van der Waals surface area contributed by atoms with Crippen LogP contribution in [0.1, 0.15) is 26.2 Å². The molecule has 0 atom stereocenters. The molecule has 0 unspecified atom stereocenters. The molecule has 1 aliphatic rings. The smallest absolute Gasteiger partial charge is 0.191 e. The Morgan fingerprint density at radius 1 is 1.08 bits per heavy atom. The minimum Gasteiger partial charge on any atom is -0.357 e. The first-order valence-corrected chi connectivity index (χ1v) is 9.68. The Labute approximate surface area is 175 Å². The predicted molar refractivity (Wildman–Crippen MR) is 119 cm³/mol. The van der Waals surface area contributed by atoms with Crippen LogP contribution in [0.4, 0.5) is 0 Å². The summed E-state index contributed by atoms with van der Waals surface area (Å²) in [6.07, 6.45) is 7.24. The number of hydrogen-bond donors (Lipinski definition) is 2. The highest BCUT2D eigenvalue weighted by atomic mass is 127. The van der Waals surface area contributed by atoms with Gasteiger partial charge in [-0.15, -0.1) is 24.0 Å². The second kappa shape index (κ2) is 14.2. The lowest BCUT2D eigenvalue weighted by Gasteiger charge is -2.32. The molecule has 0 spiro atoms. The van der Waals surface area contributed by atoms with Gasteiger partial charge in [0.1, 0.15) is 0 Å². The van der Waals surface area contributed by atoms with Crippen LogP contribution >= 0.6 is 24.0 Å². The first-order chi connectivity index (χ1) is 12.3. The van der Waals surface area contributed by atoms with Crippen LogP contribution < -0.4 is 10.6 Å². The molecule has 1 aromatic heterocycles. The molecule has 2 heterocycles. The summed E-state index contributed by atoms with van der Waals surface area (Å²) >= 11 is 0. The number of likely N-dealkylation sites (N-methyl/N-ethyl adjacent to an activating group) is 1. The third kappa shape index (κ3) is 9.72. The van der Waals surface area contributed by atoms with Crippen LogP contribution in [0.25, 0.3) is 0 Å². The van der Waals surface area contributed by atoms with Gasteiger partial charge in [0, 0.05) is 64.8 Å². The number of aliphatic imine (C=N–C) groups is 1. The Kier molecular flexibility index (Phi) is 12.7. The third-order valence-electron chi connectivity index (χ3n) is 4.51. The monoisotopic (exact) mass is 477 g/mol. The van der Waals surface area contributed by atoms with Crippen molar-refractivity contribution in [3.05, 3.63) is 18.5 Å². The molecule has 0 amide bonds. The van der Waals surface area contributed by atoms with Crippen LogP contribution in [0, 0.1) is 0 Å². The van der Waals surface area contributed by atoms with Crippen LogP contribution in [-0.2, 0) is 6.54 Å². The van der Waals surface area contributed by atoms with Crippen LogP contribution in [0.3, 0.4) is 0 Å². The largest absolute Gasteiger partial charge is 0.357 e. The van der Waals surface area contributed by atoms with E-state index in [2.05, 4.69) is 44.5 Å². The zero-order valence-electron chi connectivity index (χ0n) is 16.4. The fourth-order valence-electron chi connectivity index (χ4n) is 2.94. The number of hydrogen-bond acceptors (Lipinski definition) is 4. The van der Waals surface area contributed by atoms with Crippen molar-refractivity contribution in [1.29, 1.82) is 0 Å². The second-order valence-corrected chi connectivity index (χ2v) is 6.66. The average Bonchev–Trinajstić information content (AvgIpc) is 3.13. The molecule has 26 heavy (non-hydrogen) atoms. The van der Waals surface area contributed by atoms with Crippen molar-refractivity contribution in [3.8, 4) is 0 Å². The summed E-state index contributed by atoms with van der Waals surface area (Å²) in [4.78, 5) is 9.63. The summed E-state index contributed by atoms with van der Waals surface area (Å²) in [5.41, 5.74) is 0. The summed E-state index contributed by atoms with van der Waals surface area (Å²) in [5.74, 6) is 0.933. The van der Waals surface area contributed by atoms with E-state index >= 15 is 0 Å². The van der Waals surface area contributed by atoms with Gasteiger partial charge < -0.3 is 20.4 Å². The Morgan fingerprint density at radius 3 is 2.58 bits per heavy atom. The molecule has 0 aliphatic carbocycles. The third-order valence-corrected chi connectivity index (χ3v) is 4.51. The van der Waals surface area contributed by atoms with Crippen molar-refractivity contribution < 1.29 is 0 Å². The zero-order chi connectivity index (χ0) is 17.7. The van der Waals surface area contributed by atoms with E-state index in [1.165, 1.54) is 45.6 Å². The first kappa shape index (κ1) is 23.2. The van der Waals surface area contributed by atoms with E-state index in [0.717, 1.165) is 38.6 Å². The quantitative estimate of drug-likeness (QED) is 0.232. The summed E-state index contributed by atoms with van der Waals surface area (Å²) in [7, 11) is 2.21. The number of unbranched alkanes of at least 4 members (excludes halogenated alkanes) is 1. The van der Waals surface area contributed by atoms with Crippen LogP contribution in [0.5, 0.6) is 0 Å². The number of nitrogens with one attached hydrogen (secondary N) is 2. The number of rotatable bonds is 10. The van der Waals surface area contributed by atoms with Gasteiger partial charge in [-0.3, -0.25) is 9.67 Å². The molecule has 150 valence electrons. The van der Waals surface area contributed by atoms with Gasteiger partial charge >= 0.3 is 0 Å². The number of piperazine rings is 1. The van der Waals surface area contributed by atoms with Gasteiger partial charge in [0.25, 0.3) is 0 Å². The maximum atomic E-state index is 4.65. The molecular formula is C18H36IN7. The molecule has 0 saturated carbocycles. The first-order valence-electron chi connectivity index (χ1n) is 9.68. The molecule has 0 aromatic carbocycles. The second-order valence-electron chi connectivity index (χ2n) is 6.66. The molecule has 0 bridgehead atoms. The molecule has 0 radical (unpaired) electrons. The van der Waals surface area contributed by atoms with Gasteiger partial charge in [-0.05, 0) is 45.8 Å². The maximum Gasteiger partial charge on any atom is 0.191 e. The van der Waals surface area contributed by atoms with Crippen molar-refractivity contribution in [2.45, 2.75) is 32.7 Å². The Balaban J connectivity index is 0.00000338. The molecule has 1 aromatic rings. The molecular weight excluding hydrogens is 441 g/mol. The van der Waals surface area contributed by atoms with Gasteiger partial charge in [-0.2, -0.15) is 5.10 Å². The number of nitrogens with zero attached hydrogens (tertiary/aromatic N) is 5. The van der Waals surface area contributed by atoms with Crippen LogP contribution in [-0.4, -0.2) is 84.9 Å². The topological polar surface area (TPSA) is 60.7 Å². The fourth-order valence-corrected chi connectivity index (χ4v) is 2.94. The molecule has 1 aliphatic heterocycles. The molecule has 1 fully saturated rings. The summed E-state index contributed by atoms with van der Waals surface area (Å²) in [6.45, 7) is 11.8. The highest BCUT2D eigenvalue weighted by molar-refractivity contribution is 14.0. The van der Waals surface area contributed by atoms with E-state index in [1.54, 1.807) is 0 Å². The summed E-state index contributed by atoms with van der Waals surface area (Å²) in [5, 5.41) is 11.0. The van der Waals surface area contributed by atoms with E-state index in [9.17, 15) is 0 Å². The molecule has 2 rings (SSSR count). The SMILES string of the molecule is CCNC(=NCCCn1cccn1)NCCCCN1CCN(C)CC1.I. The van der Waals surface area contributed by atoms with E-state index < -0.39 is 0 Å². The Bertz CT molecular complexity index is 470. The molecule has 7 nitrogen and oxygen atoms in total. The minimum atomic E-state index is 0. The van der Waals surface area contributed by atoms with Gasteiger partial charge in [0.2, 0.25) is 0 Å². The zero-order valence-corrected chi connectivity index (χ0v) is 18.7. The van der Waals surface area contributed by atoms with E-state index in [-0.39, 0.29) is 24.0 Å². The molecule has 1 saturated heterocycles. The van der Waals surface area contributed by atoms with Gasteiger partial charge in [-0.1, -0.05) is 0 Å².